The summed E-state index contributed by atoms with van der Waals surface area (Å²) in [6, 6.07) is 8.26. The van der Waals surface area contributed by atoms with Gasteiger partial charge in [-0.3, -0.25) is 9.59 Å². The Morgan fingerprint density at radius 1 is 0.952 bits per heavy atom. The van der Waals surface area contributed by atoms with Crippen molar-refractivity contribution in [3.8, 4) is 0 Å². The summed E-state index contributed by atoms with van der Waals surface area (Å²) in [6.45, 7) is -1.19. The fourth-order valence-electron chi connectivity index (χ4n) is 1.29. The van der Waals surface area contributed by atoms with Crippen LogP contribution < -0.4 is 16.4 Å². The molecule has 0 radical (unpaired) electrons. The lowest BCUT2D eigenvalue weighted by molar-refractivity contribution is -0.158. The molecule has 0 spiro atoms. The van der Waals surface area contributed by atoms with E-state index < -0.39 is 36.8 Å². The zero-order chi connectivity index (χ0) is 15.7. The highest BCUT2D eigenvalue weighted by Crippen LogP contribution is 1.97. The van der Waals surface area contributed by atoms with Gasteiger partial charge >= 0.3 is 11.9 Å². The maximum Gasteiger partial charge on any atom is 0.333 e. The van der Waals surface area contributed by atoms with Crippen LogP contribution in [0.3, 0.4) is 0 Å². The largest absolute Gasteiger partial charge is 0.390 e. The number of carbonyl (C=O) groups is 4. The highest BCUT2D eigenvalue weighted by atomic mass is 16.6. The van der Waals surface area contributed by atoms with Crippen molar-refractivity contribution in [1.29, 1.82) is 0 Å². The monoisotopic (exact) mass is 293 g/mol. The zero-order valence-corrected chi connectivity index (χ0v) is 11.1. The van der Waals surface area contributed by atoms with Gasteiger partial charge < -0.3 is 21.1 Å². The van der Waals surface area contributed by atoms with E-state index in [1.165, 1.54) is 0 Å². The van der Waals surface area contributed by atoms with E-state index in [0.29, 0.717) is 5.56 Å². The average Bonchev–Trinajstić information content (AvgIpc) is 2.51. The van der Waals surface area contributed by atoms with Gasteiger partial charge in [-0.2, -0.15) is 0 Å². The molecule has 0 saturated carbocycles. The first-order chi connectivity index (χ1) is 10.0. The number of benzene rings is 1. The molecule has 0 aromatic heterocycles. The van der Waals surface area contributed by atoms with Gasteiger partial charge in [0.25, 0.3) is 5.91 Å². The van der Waals surface area contributed by atoms with Crippen molar-refractivity contribution in [3.63, 3.8) is 0 Å². The first kappa shape index (κ1) is 16.3. The molecule has 2 amide bonds. The molecule has 4 N–H and O–H groups in total. The van der Waals surface area contributed by atoms with E-state index in [1.54, 1.807) is 30.3 Å². The summed E-state index contributed by atoms with van der Waals surface area (Å²) >= 11 is 0. The summed E-state index contributed by atoms with van der Waals surface area (Å²) in [7, 11) is 0. The van der Waals surface area contributed by atoms with Crippen molar-refractivity contribution in [2.75, 3.05) is 19.6 Å². The minimum absolute atomic E-state index is 0.269. The molecule has 1 rings (SSSR count). The smallest absolute Gasteiger partial charge is 0.333 e. The second-order valence-electron chi connectivity index (χ2n) is 3.88. The Kier molecular flexibility index (Phi) is 6.55. The Hall–Kier alpha value is -2.74. The normalized spacial score (nSPS) is 9.57. The second-order valence-corrected chi connectivity index (χ2v) is 3.88. The third-order valence-corrected chi connectivity index (χ3v) is 2.27. The molecule has 0 heterocycles. The van der Waals surface area contributed by atoms with Gasteiger partial charge in [0.2, 0.25) is 5.91 Å². The number of carbonyl (C=O) groups excluding carboxylic acids is 4. The predicted octanol–water partition coefficient (Wildman–Crippen LogP) is -1.44. The maximum absolute atomic E-state index is 11.6. The lowest BCUT2D eigenvalue weighted by Crippen LogP contribution is -2.37. The van der Waals surface area contributed by atoms with Crippen LogP contribution >= 0.6 is 0 Å². The SMILES string of the molecule is NCC(=O)NCC(=O)OC(=O)CNC(=O)c1ccccc1. The van der Waals surface area contributed by atoms with Crippen LogP contribution in [0.2, 0.25) is 0 Å². The molecule has 1 aromatic carbocycles. The van der Waals surface area contributed by atoms with Crippen LogP contribution in [0.15, 0.2) is 30.3 Å². The van der Waals surface area contributed by atoms with E-state index >= 15 is 0 Å². The number of hydrogen-bond donors (Lipinski definition) is 3. The van der Waals surface area contributed by atoms with Crippen LogP contribution in [0.25, 0.3) is 0 Å². The number of ether oxygens (including phenoxy) is 1. The zero-order valence-electron chi connectivity index (χ0n) is 11.1. The number of nitrogens with one attached hydrogen (secondary N) is 2. The minimum atomic E-state index is -0.934. The van der Waals surface area contributed by atoms with Crippen LogP contribution in [0.1, 0.15) is 10.4 Å². The topological polar surface area (TPSA) is 128 Å². The van der Waals surface area contributed by atoms with Crippen molar-refractivity contribution in [2.45, 2.75) is 0 Å². The number of nitrogens with two attached hydrogens (primary N) is 1. The molecule has 0 bridgehead atoms. The highest BCUT2D eigenvalue weighted by Gasteiger charge is 2.13. The highest BCUT2D eigenvalue weighted by molar-refractivity contribution is 5.97. The van der Waals surface area contributed by atoms with Gasteiger partial charge in [-0.15, -0.1) is 0 Å². The maximum atomic E-state index is 11.6. The molecular formula is C13H15N3O5. The first-order valence-electron chi connectivity index (χ1n) is 6.06. The molecule has 112 valence electrons. The fourth-order valence-corrected chi connectivity index (χ4v) is 1.29. The Bertz CT molecular complexity index is 530. The average molecular weight is 293 g/mol. The molecule has 8 heteroatoms. The first-order valence-corrected chi connectivity index (χ1v) is 6.06. The second kappa shape index (κ2) is 8.43. The van der Waals surface area contributed by atoms with E-state index in [4.69, 9.17) is 5.73 Å². The van der Waals surface area contributed by atoms with Crippen LogP contribution in [0.4, 0.5) is 0 Å². The van der Waals surface area contributed by atoms with E-state index in [2.05, 4.69) is 15.4 Å². The van der Waals surface area contributed by atoms with Crippen LogP contribution in [-0.4, -0.2) is 43.4 Å². The molecule has 0 aliphatic carbocycles. The van der Waals surface area contributed by atoms with E-state index in [9.17, 15) is 19.2 Å². The molecular weight excluding hydrogens is 278 g/mol. The van der Waals surface area contributed by atoms with Crippen molar-refractivity contribution in [2.24, 2.45) is 5.73 Å². The third-order valence-electron chi connectivity index (χ3n) is 2.27. The van der Waals surface area contributed by atoms with Gasteiger partial charge in [0, 0.05) is 5.56 Å². The van der Waals surface area contributed by atoms with Crippen LogP contribution in [0, 0.1) is 0 Å². The molecule has 21 heavy (non-hydrogen) atoms. The number of hydrogen-bond acceptors (Lipinski definition) is 6. The Morgan fingerprint density at radius 3 is 2.10 bits per heavy atom. The molecule has 0 atom stereocenters. The molecule has 8 nitrogen and oxygen atoms in total. The summed E-state index contributed by atoms with van der Waals surface area (Å²) in [5.74, 6) is -2.87. The molecule has 0 aliphatic heterocycles. The summed E-state index contributed by atoms with van der Waals surface area (Å²) in [5.41, 5.74) is 5.40. The Balaban J connectivity index is 2.29. The van der Waals surface area contributed by atoms with Crippen LogP contribution in [0.5, 0.6) is 0 Å². The minimum Gasteiger partial charge on any atom is -0.390 e. The molecule has 1 aromatic rings. The summed E-state index contributed by atoms with van der Waals surface area (Å²) < 4.78 is 4.38. The molecule has 0 aliphatic rings. The molecule has 0 fully saturated rings. The van der Waals surface area contributed by atoms with Crippen molar-refractivity contribution < 1.29 is 23.9 Å². The quantitative estimate of drug-likeness (QED) is 0.435. The summed E-state index contributed by atoms with van der Waals surface area (Å²) in [6.07, 6.45) is 0. The number of amides is 2. The van der Waals surface area contributed by atoms with Crippen molar-refractivity contribution in [3.05, 3.63) is 35.9 Å². The standard InChI is InChI=1S/C13H15N3O5/c14-6-10(17)15-7-11(18)21-12(19)8-16-13(20)9-4-2-1-3-5-9/h1-5H,6-8,14H2,(H,15,17)(H,16,20). The van der Waals surface area contributed by atoms with Gasteiger partial charge in [-0.1, -0.05) is 18.2 Å². The Labute approximate surface area is 120 Å². The lowest BCUT2D eigenvalue weighted by Gasteiger charge is -2.06. The van der Waals surface area contributed by atoms with E-state index in [1.807, 2.05) is 0 Å². The molecule has 0 saturated heterocycles. The van der Waals surface area contributed by atoms with E-state index in [0.717, 1.165) is 0 Å². The molecule has 0 unspecified atom stereocenters. The third kappa shape index (κ3) is 6.30. The van der Waals surface area contributed by atoms with Gasteiger partial charge in [-0.25, -0.2) is 9.59 Å². The fraction of sp³-hybridized carbons (Fsp3) is 0.231. The van der Waals surface area contributed by atoms with E-state index in [-0.39, 0.29) is 6.54 Å². The van der Waals surface area contributed by atoms with Crippen molar-refractivity contribution >= 4 is 23.8 Å². The summed E-state index contributed by atoms with van der Waals surface area (Å²) in [4.78, 5) is 44.9. The van der Waals surface area contributed by atoms with Gasteiger partial charge in [-0.05, 0) is 12.1 Å². The lowest BCUT2D eigenvalue weighted by atomic mass is 10.2. The van der Waals surface area contributed by atoms with Crippen LogP contribution in [-0.2, 0) is 19.1 Å². The predicted molar refractivity (Wildman–Crippen MR) is 71.9 cm³/mol. The van der Waals surface area contributed by atoms with Gasteiger partial charge in [0.15, 0.2) is 0 Å². The van der Waals surface area contributed by atoms with Gasteiger partial charge in [0.1, 0.15) is 13.1 Å². The Morgan fingerprint density at radius 2 is 1.52 bits per heavy atom. The van der Waals surface area contributed by atoms with Gasteiger partial charge in [0.05, 0.1) is 6.54 Å². The van der Waals surface area contributed by atoms with Crippen molar-refractivity contribution in [1.82, 2.24) is 10.6 Å². The summed E-state index contributed by atoms with van der Waals surface area (Å²) in [5, 5.41) is 4.46. The number of rotatable bonds is 6. The number of esters is 2.